The van der Waals surface area contributed by atoms with Gasteiger partial charge in [0.25, 0.3) is 0 Å². The largest absolute Gasteiger partial charge is 0.507 e. The van der Waals surface area contributed by atoms with Crippen molar-refractivity contribution < 1.29 is 67.5 Å². The van der Waals surface area contributed by atoms with Crippen LogP contribution < -0.4 is 14.2 Å². The summed E-state index contributed by atoms with van der Waals surface area (Å²) in [5.41, 5.74) is 9.78. The Morgan fingerprint density at radius 3 is 1.13 bits per heavy atom. The van der Waals surface area contributed by atoms with Crippen LogP contribution in [0, 0.1) is 80.0 Å². The number of aliphatic hydroxyl groups excluding tert-OH is 3. The van der Waals surface area contributed by atoms with Crippen LogP contribution >= 0.6 is 0 Å². The number of aliphatic hydroxyl groups is 4. The van der Waals surface area contributed by atoms with Crippen LogP contribution in [0.1, 0.15) is 190 Å². The summed E-state index contributed by atoms with van der Waals surface area (Å²) in [6, 6.07) is 22.5. The van der Waals surface area contributed by atoms with E-state index in [1.54, 1.807) is 0 Å². The minimum Gasteiger partial charge on any atom is -0.507 e. The summed E-state index contributed by atoms with van der Waals surface area (Å²) < 4.78 is 71.8. The number of nitrogens with zero attached hydrogens (tertiary/aromatic N) is 3. The molecule has 12 rings (SSSR count). The fourth-order valence-electron chi connectivity index (χ4n) is 15.8. The summed E-state index contributed by atoms with van der Waals surface area (Å²) >= 11 is 0. The highest BCUT2D eigenvalue weighted by molar-refractivity contribution is 5.61. The van der Waals surface area contributed by atoms with Gasteiger partial charge in [-0.15, -0.1) is 0 Å². The van der Waals surface area contributed by atoms with E-state index in [4.69, 9.17) is 14.2 Å². The number of β-amino-alcohol motifs (C(OH)–C–C–N with tert-alkyl or cyclic N) is 3. The molecule has 6 aliphatic rings. The Balaban J connectivity index is 0.000000210. The predicted molar refractivity (Wildman–Crippen MR) is 397 cm³/mol. The van der Waals surface area contributed by atoms with Gasteiger partial charge in [-0.2, -0.15) is 13.2 Å². The van der Waals surface area contributed by atoms with Gasteiger partial charge < -0.3 is 64.7 Å². The van der Waals surface area contributed by atoms with E-state index in [9.17, 15) is 53.3 Å². The number of likely N-dealkylation sites (tertiary alicyclic amines) is 3. The van der Waals surface area contributed by atoms with E-state index in [0.29, 0.717) is 63.0 Å². The van der Waals surface area contributed by atoms with Crippen LogP contribution in [0.15, 0.2) is 78.9 Å². The minimum absolute atomic E-state index is 0. The van der Waals surface area contributed by atoms with Crippen molar-refractivity contribution in [1.29, 1.82) is 0 Å². The molecule has 101 heavy (non-hydrogen) atoms. The van der Waals surface area contributed by atoms with Gasteiger partial charge >= 0.3 is 6.18 Å². The van der Waals surface area contributed by atoms with Crippen molar-refractivity contribution in [2.24, 2.45) is 11.8 Å². The van der Waals surface area contributed by atoms with Crippen molar-refractivity contribution in [3.8, 4) is 34.5 Å². The number of fused-ring (bicyclic) bond motifs is 3. The Morgan fingerprint density at radius 1 is 0.446 bits per heavy atom. The molecule has 3 saturated heterocycles. The summed E-state index contributed by atoms with van der Waals surface area (Å²) in [6.45, 7) is 29.8. The van der Waals surface area contributed by atoms with E-state index in [1.807, 2.05) is 100 Å². The predicted octanol–water partition coefficient (Wildman–Crippen LogP) is 16.2. The summed E-state index contributed by atoms with van der Waals surface area (Å²) in [7, 11) is 0. The number of alkyl halides is 3. The molecule has 6 heterocycles. The zero-order chi connectivity index (χ0) is 71.0. The first-order chi connectivity index (χ1) is 46.2. The monoisotopic (exact) mass is 1410 g/mol. The minimum atomic E-state index is -4.46. The summed E-state index contributed by atoms with van der Waals surface area (Å²) in [6.07, 6.45) is 5.20. The molecule has 0 saturated carbocycles. The molecule has 3 fully saturated rings. The van der Waals surface area contributed by atoms with Crippen LogP contribution in [-0.4, -0.2) is 144 Å². The van der Waals surface area contributed by atoms with E-state index in [2.05, 4.69) is 40.1 Å². The average molecular weight is 1410 g/mol. The number of phenols is 3. The van der Waals surface area contributed by atoms with Gasteiger partial charge in [0.05, 0.1) is 11.2 Å². The molecule has 0 amide bonds. The Hall–Kier alpha value is -6.44. The fraction of sp³-hybridized carbons (Fsp3) is 0.571. The molecule has 6 atom stereocenters. The third kappa shape index (κ3) is 18.0. The number of benzene rings is 6. The van der Waals surface area contributed by atoms with Gasteiger partial charge in [0.1, 0.15) is 75.4 Å². The topological polar surface area (TPSA) is 179 Å². The number of piperidine rings is 3. The Labute approximate surface area is 600 Å². The molecule has 6 unspecified atom stereocenters. The van der Waals surface area contributed by atoms with Crippen molar-refractivity contribution in [1.82, 2.24) is 14.7 Å². The van der Waals surface area contributed by atoms with Crippen LogP contribution in [-0.2, 0) is 43.9 Å². The zero-order valence-electron chi connectivity index (χ0n) is 59.9. The highest BCUT2D eigenvalue weighted by atomic mass is 19.4. The molecule has 6 aromatic carbocycles. The fourth-order valence-corrected chi connectivity index (χ4v) is 15.8. The number of hydrogen-bond donors (Lipinski definition) is 7. The van der Waals surface area contributed by atoms with E-state index in [1.165, 1.54) is 48.2 Å². The lowest BCUT2D eigenvalue weighted by Crippen LogP contribution is -2.54. The van der Waals surface area contributed by atoms with Gasteiger partial charge in [0.15, 0.2) is 0 Å². The molecule has 17 heteroatoms. The van der Waals surface area contributed by atoms with E-state index >= 15 is 0 Å². The molecule has 6 aromatic rings. The number of rotatable bonds is 14. The highest BCUT2D eigenvalue weighted by Crippen LogP contribution is 2.48. The normalized spacial score (nSPS) is 22.5. The molecule has 0 spiro atoms. The number of aromatic hydroxyl groups is 3. The molecule has 6 aliphatic heterocycles. The lowest BCUT2D eigenvalue weighted by atomic mass is 9.82. The maximum Gasteiger partial charge on any atom is 0.416 e. The van der Waals surface area contributed by atoms with Crippen LogP contribution in [0.4, 0.5) is 17.6 Å². The number of phenolic OH excluding ortho intramolecular Hbond substituents is 3. The van der Waals surface area contributed by atoms with Crippen LogP contribution in [0.3, 0.4) is 0 Å². The third-order valence-corrected chi connectivity index (χ3v) is 23.7. The van der Waals surface area contributed by atoms with Crippen molar-refractivity contribution in [3.63, 3.8) is 0 Å². The molecule has 0 aromatic heterocycles. The average Bonchev–Trinajstić information content (AvgIpc) is 0.769. The number of ether oxygens (including phenoxy) is 3. The smallest absolute Gasteiger partial charge is 0.416 e. The highest BCUT2D eigenvalue weighted by Gasteiger charge is 2.46. The first kappa shape index (κ1) is 81.9. The van der Waals surface area contributed by atoms with Crippen LogP contribution in [0.25, 0.3) is 0 Å². The van der Waals surface area contributed by atoms with Crippen molar-refractivity contribution in [2.75, 3.05) is 58.9 Å². The van der Waals surface area contributed by atoms with Crippen molar-refractivity contribution >= 4 is 0 Å². The summed E-state index contributed by atoms with van der Waals surface area (Å²) in [5.74, 6) is 4.59. The van der Waals surface area contributed by atoms with Gasteiger partial charge in [-0.1, -0.05) is 76.9 Å². The third-order valence-electron chi connectivity index (χ3n) is 23.7. The molecule has 558 valence electrons. The van der Waals surface area contributed by atoms with Gasteiger partial charge in [0, 0.05) is 49.4 Å². The number of hydrogen-bond acceptors (Lipinski definition) is 13. The van der Waals surface area contributed by atoms with Gasteiger partial charge in [0.2, 0.25) is 0 Å². The second-order valence-electron chi connectivity index (χ2n) is 30.3. The maximum absolute atomic E-state index is 13.1. The SMILES string of the molecule is C.C.C.Cc1c(C)c2c(c(C)c1O)CCC(C)(C(O)CN1CCC(Cc3ccc(F)cc3)CC1)O2.Cc1c(C)c2c(c(C)c1O)CCC(C)(C(O)CN1CCC(Cc3ccccc3)CC1)O2.Cc1c(C)c2c(c(C)c1O)CCC(C)(C(O)CN1CCC(O)(c3cccc(C(F)(F)F)c3)CC1)O2. The Morgan fingerprint density at radius 2 is 0.782 bits per heavy atom. The van der Waals surface area contributed by atoms with Gasteiger partial charge in [-0.25, -0.2) is 4.39 Å². The quantitative estimate of drug-likeness (QED) is 0.0513. The second kappa shape index (κ2) is 33.1. The van der Waals surface area contributed by atoms with Gasteiger partial charge in [-0.05, 0) is 302 Å². The van der Waals surface area contributed by atoms with Crippen molar-refractivity contribution in [2.45, 2.75) is 242 Å². The lowest BCUT2D eigenvalue weighted by molar-refractivity contribution is -0.137. The Kier molecular flexibility index (Phi) is 26.8. The molecule has 0 aliphatic carbocycles. The standard InChI is InChI=1S/C27H34F3NO4.C27H36FNO3.C27H37NO3.3CH4/c1-16-17(2)24-21(18(3)23(16)33)8-9-25(4,35-24)22(32)15-31-12-10-26(34,11-13-31)19-6-5-7-20(14-19)27(28,29)30;1-17-18(2)26-23(19(3)25(17)31)9-12-27(4,32-26)24(30)16-29-13-10-21(11-14-29)15-20-5-7-22(28)8-6-20;1-18-19(2)26-23(20(3)25(18)30)10-13-27(4,31-26)24(29)17-28-14-11-22(12-15-28)16-21-8-6-5-7-9-21;;;/h5-7,14,22,32-34H,8-13,15H2,1-4H3;5-8,21,24,30-31H,9-16H2,1-4H3;5-9,22,24,29-30H,10-17H2,1-4H3;3*1H4. The molecule has 0 radical (unpaired) electrons. The Bertz CT molecular complexity index is 3770. The van der Waals surface area contributed by atoms with Crippen LogP contribution in [0.2, 0.25) is 0 Å². The molecule has 7 N–H and O–H groups in total. The summed E-state index contributed by atoms with van der Waals surface area (Å²) in [4.78, 5) is 6.77. The first-order valence-electron chi connectivity index (χ1n) is 35.6. The van der Waals surface area contributed by atoms with Crippen LogP contribution in [0.5, 0.6) is 34.5 Å². The molecule has 0 bridgehead atoms. The maximum atomic E-state index is 13.1. The van der Waals surface area contributed by atoms with E-state index in [-0.39, 0.29) is 52.3 Å². The van der Waals surface area contributed by atoms with Gasteiger partial charge in [-0.3, -0.25) is 0 Å². The first-order valence-corrected chi connectivity index (χ1v) is 35.6. The van der Waals surface area contributed by atoms with E-state index in [0.717, 1.165) is 180 Å². The zero-order valence-corrected chi connectivity index (χ0v) is 59.9. The molecular weight excluding hydrogens is 1290 g/mol. The second-order valence-corrected chi connectivity index (χ2v) is 30.3. The summed E-state index contributed by atoms with van der Waals surface area (Å²) in [5, 5.41) is 75.8. The van der Waals surface area contributed by atoms with E-state index < -0.39 is 52.5 Å². The van der Waals surface area contributed by atoms with Crippen molar-refractivity contribution in [3.05, 3.63) is 174 Å². The lowest BCUT2D eigenvalue weighted by Gasteiger charge is -2.44. The number of halogens is 4. The molecule has 13 nitrogen and oxygen atoms in total. The molecular formula is C84H119F4N3O10.